The van der Waals surface area contributed by atoms with Crippen molar-refractivity contribution in [3.8, 4) is 11.8 Å². The van der Waals surface area contributed by atoms with Crippen LogP contribution in [0.15, 0.2) is 66.2 Å². The molecule has 0 unspecified atom stereocenters. The van der Waals surface area contributed by atoms with Gasteiger partial charge in [-0.2, -0.15) is 5.26 Å². The highest BCUT2D eigenvalue weighted by molar-refractivity contribution is 14.1. The largest absolute Gasteiger partial charge is 0.494 e. The Morgan fingerprint density at radius 1 is 1.22 bits per heavy atom. The molecule has 0 radical (unpaired) electrons. The monoisotopic (exact) mass is 560 g/mol. The molecule has 7 heteroatoms. The van der Waals surface area contributed by atoms with E-state index in [0.29, 0.717) is 40.6 Å². The van der Waals surface area contributed by atoms with Crippen LogP contribution in [0.5, 0.6) is 5.75 Å². The number of ether oxygens (including phenoxy) is 1. The predicted molar refractivity (Wildman–Crippen MR) is 133 cm³/mol. The number of amides is 1. The minimum Gasteiger partial charge on any atom is -0.494 e. The molecule has 0 saturated carbocycles. The van der Waals surface area contributed by atoms with Crippen molar-refractivity contribution in [3.63, 3.8) is 0 Å². The first kappa shape index (κ1) is 23.8. The highest BCUT2D eigenvalue weighted by atomic mass is 127. The first-order valence-corrected chi connectivity index (χ1v) is 11.2. The number of nitrogens with one attached hydrogen (secondary N) is 1. The maximum Gasteiger partial charge on any atom is 0.266 e. The molecule has 4 nitrogen and oxygen atoms in total. The summed E-state index contributed by atoms with van der Waals surface area (Å²) in [7, 11) is 0. The lowest BCUT2D eigenvalue weighted by Gasteiger charge is -2.14. The molecule has 162 valence electrons. The van der Waals surface area contributed by atoms with E-state index in [1.54, 1.807) is 48.5 Å². The van der Waals surface area contributed by atoms with Gasteiger partial charge in [-0.15, -0.1) is 0 Å². The number of carbonyl (C=O) groups excluding carboxylic acids is 1. The van der Waals surface area contributed by atoms with E-state index in [0.717, 1.165) is 9.13 Å². The van der Waals surface area contributed by atoms with Crippen LogP contribution in [0.25, 0.3) is 6.08 Å². The van der Waals surface area contributed by atoms with Gasteiger partial charge in [0.25, 0.3) is 5.91 Å². The fourth-order valence-electron chi connectivity index (χ4n) is 3.05. The zero-order chi connectivity index (χ0) is 23.1. The van der Waals surface area contributed by atoms with Crippen molar-refractivity contribution in [1.29, 1.82) is 5.26 Å². The summed E-state index contributed by atoms with van der Waals surface area (Å²) < 4.78 is 20.8. The quantitative estimate of drug-likeness (QED) is 0.201. The molecule has 0 aliphatic carbocycles. The lowest BCUT2D eigenvalue weighted by atomic mass is 10.0. The molecule has 32 heavy (non-hydrogen) atoms. The lowest BCUT2D eigenvalue weighted by molar-refractivity contribution is -0.112. The standard InChI is InChI=1S/C25H19ClFIN2O2/c1-2-32-24-13-16(12-23(28)21(24)14-17-5-3-4-6-22(17)27)11-18(15-29)25(31)30-20-9-7-19(26)8-10-20/h3-13H,2,14H2,1H3,(H,30,31)/b18-11+. The van der Waals surface area contributed by atoms with Gasteiger partial charge in [0, 0.05) is 26.3 Å². The van der Waals surface area contributed by atoms with Crippen molar-refractivity contribution in [3.05, 3.63) is 97.3 Å². The van der Waals surface area contributed by atoms with Gasteiger partial charge in [0.2, 0.25) is 0 Å². The number of hydrogen-bond donors (Lipinski definition) is 1. The van der Waals surface area contributed by atoms with Gasteiger partial charge in [-0.3, -0.25) is 4.79 Å². The normalized spacial score (nSPS) is 11.0. The number of carbonyl (C=O) groups is 1. The molecule has 0 fully saturated rings. The zero-order valence-corrected chi connectivity index (χ0v) is 20.1. The van der Waals surface area contributed by atoms with Gasteiger partial charge >= 0.3 is 0 Å². The van der Waals surface area contributed by atoms with E-state index in [1.807, 2.05) is 19.1 Å². The fourth-order valence-corrected chi connectivity index (χ4v) is 3.99. The van der Waals surface area contributed by atoms with E-state index in [2.05, 4.69) is 27.9 Å². The topological polar surface area (TPSA) is 62.1 Å². The predicted octanol–water partition coefficient (Wildman–Crippen LogP) is 6.62. The number of hydrogen-bond acceptors (Lipinski definition) is 3. The minimum atomic E-state index is -0.529. The van der Waals surface area contributed by atoms with Crippen LogP contribution in [-0.4, -0.2) is 12.5 Å². The second-order valence-corrected chi connectivity index (χ2v) is 8.41. The van der Waals surface area contributed by atoms with Crippen molar-refractivity contribution >= 4 is 51.9 Å². The van der Waals surface area contributed by atoms with Crippen molar-refractivity contribution in [2.75, 3.05) is 11.9 Å². The average Bonchev–Trinajstić information content (AvgIpc) is 2.77. The molecule has 1 amide bonds. The summed E-state index contributed by atoms with van der Waals surface area (Å²) in [5.74, 6) is -0.220. The summed E-state index contributed by atoms with van der Waals surface area (Å²) in [5.41, 5.74) is 2.52. The summed E-state index contributed by atoms with van der Waals surface area (Å²) in [4.78, 5) is 12.6. The molecule has 0 bridgehead atoms. The number of benzene rings is 3. The Morgan fingerprint density at radius 3 is 2.59 bits per heavy atom. The van der Waals surface area contributed by atoms with Crippen LogP contribution < -0.4 is 10.1 Å². The van der Waals surface area contributed by atoms with Crippen LogP contribution in [0, 0.1) is 20.7 Å². The molecular weight excluding hydrogens is 542 g/mol. The van der Waals surface area contributed by atoms with E-state index < -0.39 is 5.91 Å². The number of rotatable bonds is 7. The highest BCUT2D eigenvalue weighted by Gasteiger charge is 2.15. The second-order valence-electron chi connectivity index (χ2n) is 6.81. The first-order valence-electron chi connectivity index (χ1n) is 9.78. The van der Waals surface area contributed by atoms with Crippen LogP contribution in [0.1, 0.15) is 23.6 Å². The highest BCUT2D eigenvalue weighted by Crippen LogP contribution is 2.30. The van der Waals surface area contributed by atoms with E-state index in [-0.39, 0.29) is 11.4 Å². The van der Waals surface area contributed by atoms with Gasteiger partial charge in [-0.1, -0.05) is 29.8 Å². The smallest absolute Gasteiger partial charge is 0.266 e. The molecule has 0 aliphatic rings. The Hall–Kier alpha value is -2.89. The van der Waals surface area contributed by atoms with Crippen molar-refractivity contribution in [2.24, 2.45) is 0 Å². The van der Waals surface area contributed by atoms with Gasteiger partial charge in [-0.05, 0) is 89.2 Å². The van der Waals surface area contributed by atoms with Crippen LogP contribution in [0.4, 0.5) is 10.1 Å². The van der Waals surface area contributed by atoms with Crippen molar-refractivity contribution in [1.82, 2.24) is 0 Å². The van der Waals surface area contributed by atoms with E-state index in [4.69, 9.17) is 16.3 Å². The molecular formula is C25H19ClFIN2O2. The lowest BCUT2D eigenvalue weighted by Crippen LogP contribution is -2.13. The number of nitrogens with zero attached hydrogens (tertiary/aromatic N) is 1. The van der Waals surface area contributed by atoms with Crippen LogP contribution in [0.3, 0.4) is 0 Å². The third-order valence-corrected chi connectivity index (χ3v) is 5.79. The number of halogens is 3. The Bertz CT molecular complexity index is 1200. The van der Waals surface area contributed by atoms with Crippen LogP contribution in [-0.2, 0) is 11.2 Å². The molecule has 0 aromatic heterocycles. The average molecular weight is 561 g/mol. The molecule has 1 N–H and O–H groups in total. The Balaban J connectivity index is 1.91. The fraction of sp³-hybridized carbons (Fsp3) is 0.120. The molecule has 0 atom stereocenters. The molecule has 0 spiro atoms. The van der Waals surface area contributed by atoms with Crippen molar-refractivity contribution < 1.29 is 13.9 Å². The molecule has 0 saturated heterocycles. The zero-order valence-electron chi connectivity index (χ0n) is 17.2. The summed E-state index contributed by atoms with van der Waals surface area (Å²) in [6, 6.07) is 18.8. The maximum atomic E-state index is 14.2. The second kappa shape index (κ2) is 11.1. The van der Waals surface area contributed by atoms with E-state index in [1.165, 1.54) is 12.1 Å². The number of nitriles is 1. The Kier molecular flexibility index (Phi) is 8.26. The third-order valence-electron chi connectivity index (χ3n) is 4.58. The third kappa shape index (κ3) is 6.09. The Morgan fingerprint density at radius 2 is 1.94 bits per heavy atom. The molecule has 0 heterocycles. The van der Waals surface area contributed by atoms with Crippen LogP contribution >= 0.6 is 34.2 Å². The molecule has 3 aromatic rings. The maximum absolute atomic E-state index is 14.2. The molecule has 3 rings (SSSR count). The molecule has 0 aliphatic heterocycles. The van der Waals surface area contributed by atoms with Crippen molar-refractivity contribution in [2.45, 2.75) is 13.3 Å². The van der Waals surface area contributed by atoms with Gasteiger partial charge in [0.15, 0.2) is 0 Å². The summed E-state index contributed by atoms with van der Waals surface area (Å²) in [6.45, 7) is 2.29. The SMILES string of the molecule is CCOc1cc(/C=C(\C#N)C(=O)Nc2ccc(Cl)cc2)cc(I)c1Cc1ccccc1F. The summed E-state index contributed by atoms with van der Waals surface area (Å²) in [6.07, 6.45) is 1.87. The number of anilines is 1. The van der Waals surface area contributed by atoms with E-state index >= 15 is 0 Å². The van der Waals surface area contributed by atoms with Gasteiger partial charge in [-0.25, -0.2) is 4.39 Å². The van der Waals surface area contributed by atoms with Crippen LogP contribution in [0.2, 0.25) is 5.02 Å². The Labute approximate surface area is 204 Å². The van der Waals surface area contributed by atoms with Gasteiger partial charge in [0.1, 0.15) is 23.2 Å². The summed E-state index contributed by atoms with van der Waals surface area (Å²) in [5, 5.41) is 12.8. The molecule has 3 aromatic carbocycles. The van der Waals surface area contributed by atoms with E-state index in [9.17, 15) is 14.4 Å². The van der Waals surface area contributed by atoms with Gasteiger partial charge < -0.3 is 10.1 Å². The van der Waals surface area contributed by atoms with Gasteiger partial charge in [0.05, 0.1) is 6.61 Å². The first-order chi connectivity index (χ1) is 15.4. The summed E-state index contributed by atoms with van der Waals surface area (Å²) >= 11 is 8.02. The minimum absolute atomic E-state index is 0.0555.